The van der Waals surface area contributed by atoms with Crippen molar-refractivity contribution in [3.05, 3.63) is 66.2 Å². The van der Waals surface area contributed by atoms with E-state index in [-0.39, 0.29) is 5.54 Å². The smallest absolute Gasteiger partial charge is 0.243 e. The van der Waals surface area contributed by atoms with Crippen molar-refractivity contribution in [2.45, 2.75) is 38.6 Å². The molecule has 0 unspecified atom stereocenters. The number of aromatic amines is 1. The Kier molecular flexibility index (Phi) is 5.47. The Morgan fingerprint density at radius 3 is 2.59 bits per heavy atom. The zero-order chi connectivity index (χ0) is 27.7. The Balaban J connectivity index is 1.01. The fourth-order valence-electron chi connectivity index (χ4n) is 7.27. The summed E-state index contributed by atoms with van der Waals surface area (Å²) in [4.78, 5) is 30.3. The van der Waals surface area contributed by atoms with Gasteiger partial charge in [-0.15, -0.1) is 0 Å². The first-order chi connectivity index (χ1) is 20.0. The lowest BCUT2D eigenvalue weighted by Crippen LogP contribution is -2.61. The molecule has 5 aromatic rings. The molecule has 3 aliphatic heterocycles. The van der Waals surface area contributed by atoms with Gasteiger partial charge in [-0.25, -0.2) is 14.5 Å². The van der Waals surface area contributed by atoms with E-state index >= 15 is 0 Å². The van der Waals surface area contributed by atoms with E-state index in [0.717, 1.165) is 96.9 Å². The van der Waals surface area contributed by atoms with Crippen molar-refractivity contribution in [2.75, 3.05) is 37.6 Å². The van der Waals surface area contributed by atoms with Crippen LogP contribution in [0.3, 0.4) is 0 Å². The predicted octanol–water partition coefficient (Wildman–Crippen LogP) is 4.21. The molecular weight excluding hydrogens is 512 g/mol. The summed E-state index contributed by atoms with van der Waals surface area (Å²) in [6.45, 7) is 8.41. The normalized spacial score (nSPS) is 22.0. The third-order valence-corrected chi connectivity index (χ3v) is 9.49. The Morgan fingerprint density at radius 1 is 1.02 bits per heavy atom. The molecule has 9 nitrogen and oxygen atoms in total. The van der Waals surface area contributed by atoms with E-state index in [1.807, 2.05) is 16.9 Å². The first kappa shape index (κ1) is 24.5. The van der Waals surface area contributed by atoms with E-state index in [4.69, 9.17) is 4.98 Å². The molecule has 9 rings (SSSR count). The zero-order valence-corrected chi connectivity index (χ0v) is 23.5. The van der Waals surface area contributed by atoms with Crippen LogP contribution in [0.4, 0.5) is 5.82 Å². The number of nitrogens with zero attached hydrogens (tertiary/aromatic N) is 6. The highest BCUT2D eigenvalue weighted by Gasteiger charge is 2.56. The lowest BCUT2D eigenvalue weighted by molar-refractivity contribution is -0.141. The number of anilines is 1. The van der Waals surface area contributed by atoms with Crippen LogP contribution < -0.4 is 10.2 Å². The Labute approximate surface area is 238 Å². The second kappa shape index (κ2) is 9.14. The van der Waals surface area contributed by atoms with E-state index in [9.17, 15) is 4.79 Å². The molecule has 1 saturated carbocycles. The average molecular weight is 547 g/mol. The highest BCUT2D eigenvalue weighted by molar-refractivity contribution is 5.93. The molecule has 208 valence electrons. The van der Waals surface area contributed by atoms with Gasteiger partial charge in [-0.2, -0.15) is 5.10 Å². The van der Waals surface area contributed by atoms with Gasteiger partial charge < -0.3 is 20.1 Å². The molecule has 4 aliphatic rings. The van der Waals surface area contributed by atoms with Crippen LogP contribution >= 0.6 is 0 Å². The van der Waals surface area contributed by atoms with E-state index in [2.05, 4.69) is 80.4 Å². The van der Waals surface area contributed by atoms with Gasteiger partial charge in [-0.05, 0) is 79.6 Å². The van der Waals surface area contributed by atoms with Gasteiger partial charge in [-0.1, -0.05) is 19.1 Å². The summed E-state index contributed by atoms with van der Waals surface area (Å²) in [7, 11) is 0. The van der Waals surface area contributed by atoms with Crippen LogP contribution in [0, 0.1) is 12.8 Å². The third kappa shape index (κ3) is 3.86. The number of pyridine rings is 2. The maximum atomic E-state index is 13.1. The minimum atomic E-state index is -0.255. The number of benzene rings is 1. The van der Waals surface area contributed by atoms with Gasteiger partial charge in [0.25, 0.3) is 0 Å². The molecule has 0 atom stereocenters. The molecule has 9 heteroatoms. The molecule has 0 radical (unpaired) electrons. The number of aromatic nitrogens is 5. The number of amides is 1. The third-order valence-electron chi connectivity index (χ3n) is 9.49. The Hall–Kier alpha value is -4.24. The first-order valence-corrected chi connectivity index (χ1v) is 14.7. The SMILES string of the molecule is CCc1c(-c2cc(C)c3ncnn3c2)[nH]c2cc(-c3ccc(N4CCN(C(=O)C56CC(CN5)C6)CC4)nc3)ccc12. The summed E-state index contributed by atoms with van der Waals surface area (Å²) in [5, 5.41) is 9.08. The first-order valence-electron chi connectivity index (χ1n) is 14.7. The Bertz CT molecular complexity index is 1780. The van der Waals surface area contributed by atoms with Crippen LogP contribution in [-0.2, 0) is 11.2 Å². The van der Waals surface area contributed by atoms with E-state index in [1.54, 1.807) is 6.33 Å². The maximum Gasteiger partial charge on any atom is 0.243 e. The van der Waals surface area contributed by atoms with Crippen molar-refractivity contribution in [1.29, 1.82) is 0 Å². The molecule has 4 fully saturated rings. The minimum absolute atomic E-state index is 0.255. The summed E-state index contributed by atoms with van der Waals surface area (Å²) >= 11 is 0. The number of hydrogen-bond acceptors (Lipinski definition) is 6. The van der Waals surface area contributed by atoms with Crippen molar-refractivity contribution in [1.82, 2.24) is 34.8 Å². The lowest BCUT2D eigenvalue weighted by Gasteiger charge is -2.43. The molecule has 1 aliphatic carbocycles. The van der Waals surface area contributed by atoms with Crippen LogP contribution in [0.25, 0.3) is 38.9 Å². The number of piperazine rings is 1. The fraction of sp³-hybridized carbons (Fsp3) is 0.375. The minimum Gasteiger partial charge on any atom is -0.354 e. The molecule has 0 spiro atoms. The number of rotatable bonds is 5. The van der Waals surface area contributed by atoms with E-state index in [0.29, 0.717) is 11.8 Å². The summed E-state index contributed by atoms with van der Waals surface area (Å²) < 4.78 is 1.85. The van der Waals surface area contributed by atoms with Gasteiger partial charge in [0, 0.05) is 60.6 Å². The van der Waals surface area contributed by atoms with Crippen molar-refractivity contribution in [3.8, 4) is 22.4 Å². The quantitative estimate of drug-likeness (QED) is 0.343. The van der Waals surface area contributed by atoms with Gasteiger partial charge in [0.05, 0.1) is 11.2 Å². The molecule has 7 heterocycles. The molecule has 4 aromatic heterocycles. The number of fused-ring (bicyclic) bond motifs is 3. The number of hydrogen-bond donors (Lipinski definition) is 2. The number of carbonyl (C=O) groups excluding carboxylic acids is 1. The second-order valence-corrected chi connectivity index (χ2v) is 12.0. The number of nitrogens with one attached hydrogen (secondary N) is 2. The number of H-pyrrole nitrogens is 1. The van der Waals surface area contributed by atoms with E-state index in [1.165, 1.54) is 10.9 Å². The highest BCUT2D eigenvalue weighted by Crippen LogP contribution is 2.44. The zero-order valence-electron chi connectivity index (χ0n) is 23.5. The largest absolute Gasteiger partial charge is 0.354 e. The highest BCUT2D eigenvalue weighted by atomic mass is 16.2. The van der Waals surface area contributed by atoms with Crippen molar-refractivity contribution in [3.63, 3.8) is 0 Å². The van der Waals surface area contributed by atoms with Gasteiger partial charge in [0.15, 0.2) is 5.65 Å². The molecule has 1 amide bonds. The number of aryl methyl sites for hydroxylation is 2. The van der Waals surface area contributed by atoms with Crippen LogP contribution in [-0.4, -0.2) is 73.6 Å². The van der Waals surface area contributed by atoms with Gasteiger partial charge in [0.1, 0.15) is 12.1 Å². The summed E-state index contributed by atoms with van der Waals surface area (Å²) in [6, 6.07) is 13.1. The van der Waals surface area contributed by atoms with E-state index < -0.39 is 0 Å². The predicted molar refractivity (Wildman–Crippen MR) is 160 cm³/mol. The lowest BCUT2D eigenvalue weighted by atomic mass is 9.72. The fourth-order valence-corrected chi connectivity index (χ4v) is 7.27. The number of carbonyl (C=O) groups is 1. The van der Waals surface area contributed by atoms with Gasteiger partial charge >= 0.3 is 0 Å². The Morgan fingerprint density at radius 2 is 1.85 bits per heavy atom. The monoisotopic (exact) mass is 546 g/mol. The average Bonchev–Trinajstić information content (AvgIpc) is 3.79. The van der Waals surface area contributed by atoms with Crippen LogP contribution in [0.2, 0.25) is 0 Å². The van der Waals surface area contributed by atoms with Crippen LogP contribution in [0.1, 0.15) is 30.9 Å². The standard InChI is InChI=1S/C32H34N8O/c1-3-25-26-6-4-22(13-27(26)37-29(25)24-12-20(2)30-34-19-36-40(30)18-24)23-5-7-28(33-17-23)38-8-10-39(11-9-38)31(41)32-14-21(15-32)16-35-32/h4-7,12-13,17-19,21,35,37H,3,8-11,14-16H2,1-2H3. The van der Waals surface area contributed by atoms with Gasteiger partial charge in [-0.3, -0.25) is 4.79 Å². The molecular formula is C32H34N8O. The maximum absolute atomic E-state index is 13.1. The van der Waals surface area contributed by atoms with Crippen molar-refractivity contribution >= 4 is 28.3 Å². The summed E-state index contributed by atoms with van der Waals surface area (Å²) in [6.07, 6.45) is 8.58. The van der Waals surface area contributed by atoms with Crippen molar-refractivity contribution < 1.29 is 4.79 Å². The second-order valence-electron chi connectivity index (χ2n) is 12.0. The summed E-state index contributed by atoms with van der Waals surface area (Å²) in [5.41, 5.74) is 8.61. The van der Waals surface area contributed by atoms with Crippen LogP contribution in [0.15, 0.2) is 55.1 Å². The molecule has 2 N–H and O–H groups in total. The van der Waals surface area contributed by atoms with Crippen LogP contribution in [0.5, 0.6) is 0 Å². The van der Waals surface area contributed by atoms with Crippen molar-refractivity contribution in [2.24, 2.45) is 5.92 Å². The molecule has 3 saturated heterocycles. The molecule has 1 aromatic carbocycles. The van der Waals surface area contributed by atoms with Gasteiger partial charge in [0.2, 0.25) is 5.91 Å². The molecule has 41 heavy (non-hydrogen) atoms. The molecule has 2 bridgehead atoms. The topological polar surface area (TPSA) is 94.5 Å². The summed E-state index contributed by atoms with van der Waals surface area (Å²) in [5.74, 6) is 1.98.